The van der Waals surface area contributed by atoms with Crippen LogP contribution in [0.1, 0.15) is 23.2 Å². The molecule has 0 bridgehead atoms. The smallest absolute Gasteiger partial charge is 0.255 e. The van der Waals surface area contributed by atoms with Gasteiger partial charge in [0.1, 0.15) is 5.75 Å². The minimum atomic E-state index is -0.195. The molecule has 1 heterocycles. The molecule has 96 valence electrons. The summed E-state index contributed by atoms with van der Waals surface area (Å²) in [6.45, 7) is 1.17. The van der Waals surface area contributed by atoms with Crippen molar-refractivity contribution in [2.75, 3.05) is 13.1 Å². The monoisotopic (exact) mass is 266 g/mol. The molecule has 0 spiro atoms. The number of carbonyl (C=O) groups is 1. The van der Waals surface area contributed by atoms with Gasteiger partial charge in [-0.3, -0.25) is 4.79 Å². The van der Waals surface area contributed by atoms with Crippen LogP contribution in [-0.2, 0) is 0 Å². The first-order valence-electron chi connectivity index (χ1n) is 6.06. The highest BCUT2D eigenvalue weighted by molar-refractivity contribution is 6.33. The third-order valence-electron chi connectivity index (χ3n) is 3.83. The molecule has 3 N–H and O–H groups in total. The standard InChI is InChI=1S/C13H15ClN2O2/c14-11-4-3-9(17)5-10(11)12(18)16-6-13(15,7-16)8-1-2-8/h3-5,8,17H,1-2,6-7,15H2. The summed E-state index contributed by atoms with van der Waals surface area (Å²) < 4.78 is 0. The lowest BCUT2D eigenvalue weighted by atomic mass is 9.85. The van der Waals surface area contributed by atoms with E-state index in [2.05, 4.69) is 0 Å². The van der Waals surface area contributed by atoms with Crippen LogP contribution in [-0.4, -0.2) is 34.5 Å². The lowest BCUT2D eigenvalue weighted by molar-refractivity contribution is 0.0350. The van der Waals surface area contributed by atoms with Crippen molar-refractivity contribution < 1.29 is 9.90 Å². The van der Waals surface area contributed by atoms with E-state index in [4.69, 9.17) is 17.3 Å². The zero-order valence-electron chi connectivity index (χ0n) is 9.90. The number of rotatable bonds is 2. The highest BCUT2D eigenvalue weighted by Crippen LogP contribution is 2.43. The van der Waals surface area contributed by atoms with Crippen molar-refractivity contribution in [3.63, 3.8) is 0 Å². The van der Waals surface area contributed by atoms with Crippen LogP contribution < -0.4 is 5.73 Å². The number of carbonyl (C=O) groups excluding carboxylic acids is 1. The molecule has 0 aromatic heterocycles. The molecule has 0 atom stereocenters. The minimum Gasteiger partial charge on any atom is -0.508 e. The summed E-state index contributed by atoms with van der Waals surface area (Å²) in [7, 11) is 0. The molecular weight excluding hydrogens is 252 g/mol. The van der Waals surface area contributed by atoms with Crippen LogP contribution in [0.5, 0.6) is 5.75 Å². The molecule has 2 aliphatic rings. The zero-order valence-corrected chi connectivity index (χ0v) is 10.7. The number of benzene rings is 1. The van der Waals surface area contributed by atoms with E-state index in [9.17, 15) is 9.90 Å². The topological polar surface area (TPSA) is 66.6 Å². The first-order valence-corrected chi connectivity index (χ1v) is 6.44. The number of phenolic OH excluding ortho intramolecular Hbond substituents is 1. The number of hydrogen-bond donors (Lipinski definition) is 2. The Labute approximate surface area is 110 Å². The van der Waals surface area contributed by atoms with Crippen molar-refractivity contribution in [2.45, 2.75) is 18.4 Å². The molecule has 3 rings (SSSR count). The first kappa shape index (κ1) is 11.8. The van der Waals surface area contributed by atoms with Crippen LogP contribution in [0.4, 0.5) is 0 Å². The molecule has 0 unspecified atom stereocenters. The van der Waals surface area contributed by atoms with Gasteiger partial charge >= 0.3 is 0 Å². The number of nitrogens with zero attached hydrogens (tertiary/aromatic N) is 1. The molecule has 1 amide bonds. The van der Waals surface area contributed by atoms with Crippen LogP contribution in [0, 0.1) is 5.92 Å². The third kappa shape index (κ3) is 1.85. The minimum absolute atomic E-state index is 0.0458. The number of amides is 1. The van der Waals surface area contributed by atoms with E-state index in [0.717, 1.165) is 0 Å². The number of nitrogens with two attached hydrogens (primary N) is 1. The Kier molecular flexibility index (Phi) is 2.54. The van der Waals surface area contributed by atoms with Gasteiger partial charge in [0.05, 0.1) is 16.1 Å². The third-order valence-corrected chi connectivity index (χ3v) is 4.16. The quantitative estimate of drug-likeness (QED) is 0.855. The van der Waals surface area contributed by atoms with Gasteiger partial charge in [-0.25, -0.2) is 0 Å². The second-order valence-corrected chi connectivity index (χ2v) is 5.74. The highest BCUT2D eigenvalue weighted by Gasteiger charge is 2.51. The number of halogens is 1. The summed E-state index contributed by atoms with van der Waals surface area (Å²) in [4.78, 5) is 13.9. The molecule has 1 aromatic carbocycles. The van der Waals surface area contributed by atoms with Crippen molar-refractivity contribution in [1.82, 2.24) is 4.90 Å². The normalized spacial score (nSPS) is 21.6. The lowest BCUT2D eigenvalue weighted by Gasteiger charge is -2.48. The summed E-state index contributed by atoms with van der Waals surface area (Å²) in [5.74, 6) is 0.461. The average molecular weight is 267 g/mol. The van der Waals surface area contributed by atoms with Crippen LogP contribution >= 0.6 is 11.6 Å². The number of aromatic hydroxyl groups is 1. The maximum Gasteiger partial charge on any atom is 0.255 e. The van der Waals surface area contributed by atoms with Crippen molar-refractivity contribution >= 4 is 17.5 Å². The number of hydrogen-bond acceptors (Lipinski definition) is 3. The Hall–Kier alpha value is -1.26. The van der Waals surface area contributed by atoms with E-state index >= 15 is 0 Å². The molecule has 1 aliphatic heterocycles. The Morgan fingerprint density at radius 3 is 2.72 bits per heavy atom. The summed E-state index contributed by atoms with van der Waals surface area (Å²) >= 11 is 5.97. The fourth-order valence-electron chi connectivity index (χ4n) is 2.57. The van der Waals surface area contributed by atoms with Crippen LogP contribution in [0.2, 0.25) is 5.02 Å². The largest absolute Gasteiger partial charge is 0.508 e. The Morgan fingerprint density at radius 1 is 1.44 bits per heavy atom. The van der Waals surface area contributed by atoms with Crippen molar-refractivity contribution in [1.29, 1.82) is 0 Å². The Bertz CT molecular complexity index is 508. The second-order valence-electron chi connectivity index (χ2n) is 5.33. The summed E-state index contributed by atoms with van der Waals surface area (Å²) in [5.41, 5.74) is 6.35. The predicted octanol–water partition coefficient (Wildman–Crippen LogP) is 1.61. The van der Waals surface area contributed by atoms with Gasteiger partial charge < -0.3 is 15.7 Å². The van der Waals surface area contributed by atoms with Crippen molar-refractivity contribution in [3.8, 4) is 5.75 Å². The van der Waals surface area contributed by atoms with Crippen LogP contribution in [0.25, 0.3) is 0 Å². The zero-order chi connectivity index (χ0) is 12.9. The Balaban J connectivity index is 1.74. The molecule has 1 aliphatic carbocycles. The molecule has 5 heteroatoms. The van der Waals surface area contributed by atoms with E-state index < -0.39 is 0 Å². The molecule has 2 fully saturated rings. The molecule has 4 nitrogen and oxygen atoms in total. The van der Waals surface area contributed by atoms with Gasteiger partial charge in [0.25, 0.3) is 5.91 Å². The van der Waals surface area contributed by atoms with E-state index in [1.54, 1.807) is 4.90 Å². The van der Waals surface area contributed by atoms with Gasteiger partial charge in [-0.1, -0.05) is 11.6 Å². The average Bonchev–Trinajstić information content (AvgIpc) is 3.11. The first-order chi connectivity index (χ1) is 8.49. The van der Waals surface area contributed by atoms with Crippen molar-refractivity contribution in [2.24, 2.45) is 11.7 Å². The highest BCUT2D eigenvalue weighted by atomic mass is 35.5. The SMILES string of the molecule is NC1(C2CC2)CN(C(=O)c2cc(O)ccc2Cl)C1. The molecule has 0 radical (unpaired) electrons. The van der Waals surface area contributed by atoms with Gasteiger partial charge in [0.15, 0.2) is 0 Å². The van der Waals surface area contributed by atoms with Crippen LogP contribution in [0.3, 0.4) is 0 Å². The lowest BCUT2D eigenvalue weighted by Crippen LogP contribution is -2.69. The molecular formula is C13H15ClN2O2. The van der Waals surface area contributed by atoms with E-state index in [1.807, 2.05) is 0 Å². The van der Waals surface area contributed by atoms with Gasteiger partial charge in [0, 0.05) is 13.1 Å². The number of likely N-dealkylation sites (tertiary alicyclic amines) is 1. The van der Waals surface area contributed by atoms with Gasteiger partial charge in [-0.05, 0) is 37.0 Å². The molecule has 1 aromatic rings. The maximum atomic E-state index is 12.2. The van der Waals surface area contributed by atoms with Gasteiger partial charge in [-0.2, -0.15) is 0 Å². The van der Waals surface area contributed by atoms with Crippen LogP contribution in [0.15, 0.2) is 18.2 Å². The van der Waals surface area contributed by atoms with E-state index in [-0.39, 0.29) is 17.2 Å². The molecule has 1 saturated carbocycles. The van der Waals surface area contributed by atoms with Crippen molar-refractivity contribution in [3.05, 3.63) is 28.8 Å². The van der Waals surface area contributed by atoms with Gasteiger partial charge in [-0.15, -0.1) is 0 Å². The fourth-order valence-corrected chi connectivity index (χ4v) is 2.77. The maximum absolute atomic E-state index is 12.2. The molecule has 18 heavy (non-hydrogen) atoms. The van der Waals surface area contributed by atoms with Gasteiger partial charge in [0.2, 0.25) is 0 Å². The molecule has 1 saturated heterocycles. The summed E-state index contributed by atoms with van der Waals surface area (Å²) in [6.07, 6.45) is 2.34. The fraction of sp³-hybridized carbons (Fsp3) is 0.462. The Morgan fingerprint density at radius 2 is 2.11 bits per heavy atom. The summed E-state index contributed by atoms with van der Waals surface area (Å²) in [6, 6.07) is 4.39. The summed E-state index contributed by atoms with van der Waals surface area (Å²) in [5, 5.41) is 9.77. The number of phenols is 1. The predicted molar refractivity (Wildman–Crippen MR) is 68.7 cm³/mol. The van der Waals surface area contributed by atoms with E-state index in [0.29, 0.717) is 29.6 Å². The second kappa shape index (κ2) is 3.87. The van der Waals surface area contributed by atoms with E-state index in [1.165, 1.54) is 31.0 Å².